The molecule has 0 unspecified atom stereocenters. The molecule has 0 aliphatic heterocycles. The van der Waals surface area contributed by atoms with Gasteiger partial charge in [0.25, 0.3) is 0 Å². The van der Waals surface area contributed by atoms with Gasteiger partial charge in [0.2, 0.25) is 0 Å². The van der Waals surface area contributed by atoms with Crippen molar-refractivity contribution in [2.75, 3.05) is 13.2 Å². The highest BCUT2D eigenvalue weighted by Crippen LogP contribution is 2.36. The lowest BCUT2D eigenvalue weighted by molar-refractivity contribution is -0.161. The quantitative estimate of drug-likeness (QED) is 0.0272. The molecule has 8 nitrogen and oxygen atoms in total. The fourth-order valence-corrected chi connectivity index (χ4v) is 6.22. The van der Waals surface area contributed by atoms with Gasteiger partial charge in [-0.3, -0.25) is 14.1 Å². The van der Waals surface area contributed by atoms with Gasteiger partial charge in [-0.2, -0.15) is 0 Å². The van der Waals surface area contributed by atoms with E-state index >= 15 is 0 Å². The van der Waals surface area contributed by atoms with Crippen molar-refractivity contribution in [1.29, 1.82) is 0 Å². The summed E-state index contributed by atoms with van der Waals surface area (Å²) >= 11 is 0. The molecule has 0 rings (SSSR count). The number of phosphoric ester groups is 1. The van der Waals surface area contributed by atoms with Crippen LogP contribution >= 0.6 is 7.82 Å². The van der Waals surface area contributed by atoms with Crippen molar-refractivity contribution < 1.29 is 37.9 Å². The van der Waals surface area contributed by atoms with Gasteiger partial charge in [0, 0.05) is 12.8 Å². The molecule has 0 radical (unpaired) electrons. The minimum atomic E-state index is -4.77. The van der Waals surface area contributed by atoms with Crippen molar-refractivity contribution in [2.24, 2.45) is 0 Å². The first-order valence-corrected chi connectivity index (χ1v) is 23.8. The van der Waals surface area contributed by atoms with Crippen LogP contribution in [0.25, 0.3) is 0 Å². The van der Waals surface area contributed by atoms with E-state index in [2.05, 4.69) is 91.3 Å². The zero-order chi connectivity index (χ0) is 41.1. The molecule has 0 saturated carbocycles. The molecule has 0 aromatic rings. The lowest BCUT2D eigenvalue weighted by atomic mass is 10.1. The molecule has 9 heteroatoms. The second kappa shape index (κ2) is 42.1. The number of ether oxygens (including phenoxy) is 2. The van der Waals surface area contributed by atoms with Crippen molar-refractivity contribution >= 4 is 19.8 Å². The number of carbonyl (C=O) groups is 2. The molecule has 1 atom stereocenters. The van der Waals surface area contributed by atoms with Crippen LogP contribution in [0.1, 0.15) is 194 Å². The Labute approximate surface area is 342 Å². The van der Waals surface area contributed by atoms with E-state index in [1.165, 1.54) is 83.5 Å². The Kier molecular flexibility index (Phi) is 40.2. The summed E-state index contributed by atoms with van der Waals surface area (Å²) in [6, 6.07) is 0. The van der Waals surface area contributed by atoms with Crippen LogP contribution in [0.5, 0.6) is 0 Å². The number of esters is 2. The van der Waals surface area contributed by atoms with E-state index in [0.29, 0.717) is 12.8 Å². The molecule has 0 aromatic heterocycles. The summed E-state index contributed by atoms with van der Waals surface area (Å²) in [5.74, 6) is -0.928. The fourth-order valence-electron chi connectivity index (χ4n) is 5.86. The first-order valence-electron chi connectivity index (χ1n) is 22.2. The van der Waals surface area contributed by atoms with Crippen LogP contribution in [0.4, 0.5) is 0 Å². The van der Waals surface area contributed by atoms with Gasteiger partial charge in [0.05, 0.1) is 6.61 Å². The zero-order valence-corrected chi connectivity index (χ0v) is 36.4. The van der Waals surface area contributed by atoms with Gasteiger partial charge in [-0.05, 0) is 89.9 Å². The van der Waals surface area contributed by atoms with Gasteiger partial charge in [0.1, 0.15) is 6.61 Å². The minimum Gasteiger partial charge on any atom is -0.462 e. The molecular weight excluding hydrogens is 723 g/mol. The molecule has 0 aromatic carbocycles. The summed E-state index contributed by atoms with van der Waals surface area (Å²) in [4.78, 5) is 42.9. The third-order valence-electron chi connectivity index (χ3n) is 9.20. The summed E-state index contributed by atoms with van der Waals surface area (Å²) in [5.41, 5.74) is 0. The molecular formula is C47H81O8P. The Hall–Kier alpha value is -2.51. The molecule has 2 N–H and O–H groups in total. The molecule has 0 heterocycles. The largest absolute Gasteiger partial charge is 0.469 e. The first kappa shape index (κ1) is 53.5. The van der Waals surface area contributed by atoms with E-state index in [0.717, 1.165) is 70.6 Å². The van der Waals surface area contributed by atoms with E-state index in [9.17, 15) is 14.2 Å². The number of rotatable bonds is 40. The zero-order valence-electron chi connectivity index (χ0n) is 35.5. The average Bonchev–Trinajstić information content (AvgIpc) is 3.17. The highest BCUT2D eigenvalue weighted by molar-refractivity contribution is 7.46. The maximum Gasteiger partial charge on any atom is 0.469 e. The first-order chi connectivity index (χ1) is 27.3. The van der Waals surface area contributed by atoms with Gasteiger partial charge in [0.15, 0.2) is 6.10 Å². The van der Waals surface area contributed by atoms with Crippen LogP contribution < -0.4 is 0 Å². The lowest BCUT2D eigenvalue weighted by Gasteiger charge is -2.18. The van der Waals surface area contributed by atoms with E-state index < -0.39 is 32.5 Å². The normalized spacial score (nSPS) is 13.1. The van der Waals surface area contributed by atoms with Gasteiger partial charge in [-0.15, -0.1) is 0 Å². The topological polar surface area (TPSA) is 119 Å². The van der Waals surface area contributed by atoms with E-state index in [1.54, 1.807) is 0 Å². The molecule has 0 bridgehead atoms. The second-order valence-electron chi connectivity index (χ2n) is 14.7. The molecule has 0 saturated heterocycles. The van der Waals surface area contributed by atoms with Crippen LogP contribution in [0.15, 0.2) is 72.9 Å². The predicted molar refractivity (Wildman–Crippen MR) is 234 cm³/mol. The fraction of sp³-hybridized carbons (Fsp3) is 0.702. The summed E-state index contributed by atoms with van der Waals surface area (Å²) in [7, 11) is -4.77. The summed E-state index contributed by atoms with van der Waals surface area (Å²) in [6.07, 6.45) is 54.7. The number of allylic oxidation sites excluding steroid dienone is 12. The third-order valence-corrected chi connectivity index (χ3v) is 9.68. The van der Waals surface area contributed by atoms with Crippen molar-refractivity contribution in [1.82, 2.24) is 0 Å². The Morgan fingerprint density at radius 2 is 0.804 bits per heavy atom. The van der Waals surface area contributed by atoms with Crippen LogP contribution in [0.3, 0.4) is 0 Å². The van der Waals surface area contributed by atoms with Crippen molar-refractivity contribution in [2.45, 2.75) is 200 Å². The highest BCUT2D eigenvalue weighted by Gasteiger charge is 2.22. The molecule has 0 spiro atoms. The summed E-state index contributed by atoms with van der Waals surface area (Å²) in [6.45, 7) is 3.61. The maximum absolute atomic E-state index is 12.4. The second-order valence-corrected chi connectivity index (χ2v) is 15.9. The van der Waals surface area contributed by atoms with E-state index in [1.807, 2.05) is 0 Å². The third kappa shape index (κ3) is 44.2. The number of hydrogen-bond acceptors (Lipinski definition) is 6. The van der Waals surface area contributed by atoms with Crippen molar-refractivity contribution in [3.8, 4) is 0 Å². The molecule has 0 aliphatic carbocycles. The number of unbranched alkanes of at least 4 members (excludes halogenated alkanes) is 18. The van der Waals surface area contributed by atoms with Crippen LogP contribution in [-0.4, -0.2) is 41.0 Å². The molecule has 0 amide bonds. The number of hydrogen-bond donors (Lipinski definition) is 2. The summed E-state index contributed by atoms with van der Waals surface area (Å²) in [5, 5.41) is 0. The monoisotopic (exact) mass is 805 g/mol. The van der Waals surface area contributed by atoms with Crippen LogP contribution in [-0.2, 0) is 28.2 Å². The van der Waals surface area contributed by atoms with Crippen LogP contribution in [0.2, 0.25) is 0 Å². The smallest absolute Gasteiger partial charge is 0.462 e. The Bertz CT molecular complexity index is 1130. The number of carbonyl (C=O) groups excluding carboxylic acids is 2. The SMILES string of the molecule is CCCCC/C=C\C/C=C\C/C=C\C/C=C\CCCCCC(=O)OC[C@H](COP(=O)(O)O)OC(=O)CCCCCCCCCCC/C=C\C/C=C\CCCCC. The maximum atomic E-state index is 12.4. The van der Waals surface area contributed by atoms with Crippen molar-refractivity contribution in [3.63, 3.8) is 0 Å². The Balaban J connectivity index is 3.98. The minimum absolute atomic E-state index is 0.196. The lowest BCUT2D eigenvalue weighted by Crippen LogP contribution is -2.29. The standard InChI is InChI=1S/C47H81O8P/c1-3-5-7-9-11-13-15-17-19-21-23-25-27-29-31-33-35-37-39-41-46(48)53-43-45(44-54-56(50,51)52)55-47(49)42-40-38-36-34-32-30-28-26-24-22-20-18-16-14-12-10-8-6-4-2/h11-14,17-20,23,25,29,31,45H,3-10,15-16,21-22,24,26-28,30,32-44H2,1-2H3,(H2,50,51,52)/b13-11-,14-12-,19-17-,20-18-,25-23-,31-29-/t45-/m1/s1. The molecule has 0 fully saturated rings. The molecule has 0 aliphatic rings. The predicted octanol–water partition coefficient (Wildman–Crippen LogP) is 13.9. The van der Waals surface area contributed by atoms with Gasteiger partial charge < -0.3 is 19.3 Å². The van der Waals surface area contributed by atoms with Gasteiger partial charge in [-0.1, -0.05) is 164 Å². The van der Waals surface area contributed by atoms with Gasteiger partial charge >= 0.3 is 19.8 Å². The molecule has 56 heavy (non-hydrogen) atoms. The molecule has 322 valence electrons. The van der Waals surface area contributed by atoms with Crippen molar-refractivity contribution in [3.05, 3.63) is 72.9 Å². The van der Waals surface area contributed by atoms with Gasteiger partial charge in [-0.25, -0.2) is 4.57 Å². The Morgan fingerprint density at radius 3 is 1.21 bits per heavy atom. The summed E-state index contributed by atoms with van der Waals surface area (Å²) < 4.78 is 26.4. The highest BCUT2D eigenvalue weighted by atomic mass is 31.2. The van der Waals surface area contributed by atoms with E-state index in [-0.39, 0.29) is 19.4 Å². The van der Waals surface area contributed by atoms with E-state index in [4.69, 9.17) is 19.3 Å². The number of phosphoric acid groups is 1. The van der Waals surface area contributed by atoms with Crippen LogP contribution in [0, 0.1) is 0 Å². The Morgan fingerprint density at radius 1 is 0.464 bits per heavy atom. The average molecular weight is 805 g/mol.